The van der Waals surface area contributed by atoms with E-state index in [1.165, 1.54) is 116 Å². The van der Waals surface area contributed by atoms with Gasteiger partial charge in [0.25, 0.3) is 0 Å². The summed E-state index contributed by atoms with van der Waals surface area (Å²) in [5, 5.41) is 23.7. The highest BCUT2D eigenvalue weighted by atomic mass is 16.5. The van der Waals surface area contributed by atoms with Crippen molar-refractivity contribution in [3.63, 3.8) is 0 Å². The van der Waals surface area contributed by atoms with Crippen molar-refractivity contribution in [2.24, 2.45) is 0 Å². The third kappa shape index (κ3) is 42.3. The van der Waals surface area contributed by atoms with Crippen molar-refractivity contribution in [3.05, 3.63) is 60.8 Å². The molecule has 0 radical (unpaired) electrons. The van der Waals surface area contributed by atoms with Crippen LogP contribution in [0.3, 0.4) is 0 Å². The van der Waals surface area contributed by atoms with Crippen molar-refractivity contribution >= 4 is 11.9 Å². The zero-order valence-corrected chi connectivity index (χ0v) is 39.6. The van der Waals surface area contributed by atoms with Crippen LogP contribution in [0.4, 0.5) is 0 Å². The molecule has 348 valence electrons. The number of hydrogen-bond acceptors (Lipinski definition) is 5. The fourth-order valence-electron chi connectivity index (χ4n) is 7.52. The maximum atomic E-state index is 13.2. The molecule has 3 N–H and O–H groups in total. The van der Waals surface area contributed by atoms with E-state index in [0.717, 1.165) is 83.5 Å². The van der Waals surface area contributed by atoms with Crippen molar-refractivity contribution in [3.8, 4) is 0 Å². The predicted molar refractivity (Wildman–Crippen MR) is 259 cm³/mol. The first-order chi connectivity index (χ1) is 29.5. The van der Waals surface area contributed by atoms with E-state index in [4.69, 9.17) is 4.74 Å². The van der Waals surface area contributed by atoms with Gasteiger partial charge in [0.1, 0.15) is 6.10 Å². The van der Waals surface area contributed by atoms with Crippen LogP contribution >= 0.6 is 0 Å². The summed E-state index contributed by atoms with van der Waals surface area (Å²) in [4.78, 5) is 26.0. The summed E-state index contributed by atoms with van der Waals surface area (Å²) in [6.07, 6.45) is 58.6. The van der Waals surface area contributed by atoms with Gasteiger partial charge in [0.15, 0.2) is 0 Å². The Morgan fingerprint density at radius 1 is 0.500 bits per heavy atom. The Hall–Kier alpha value is -2.44. The minimum atomic E-state index is -0.802. The van der Waals surface area contributed by atoms with Gasteiger partial charge in [0.05, 0.1) is 25.2 Å². The molecule has 3 unspecified atom stereocenters. The van der Waals surface area contributed by atoms with E-state index in [9.17, 15) is 19.8 Å². The van der Waals surface area contributed by atoms with Gasteiger partial charge in [-0.3, -0.25) is 9.59 Å². The van der Waals surface area contributed by atoms with Gasteiger partial charge >= 0.3 is 5.97 Å². The van der Waals surface area contributed by atoms with Gasteiger partial charge in [-0.2, -0.15) is 0 Å². The average Bonchev–Trinajstić information content (AvgIpc) is 3.24. The van der Waals surface area contributed by atoms with Crippen LogP contribution in [0, 0.1) is 0 Å². The minimum Gasteiger partial charge on any atom is -0.462 e. The highest BCUT2D eigenvalue weighted by Gasteiger charge is 2.24. The van der Waals surface area contributed by atoms with Crippen LogP contribution in [-0.2, 0) is 14.3 Å². The SMILES string of the molecule is CC/C=C\C/C=C\C/C=C\C/C=C\C/C=C\CCCC(CC(=O)NC(CO)C(O)CCCCCCCCCCCCCCCCC)OC(=O)CCCCCCCCCCC. The van der Waals surface area contributed by atoms with Gasteiger partial charge in [0.2, 0.25) is 5.91 Å². The Labute approximate surface area is 371 Å². The molecule has 0 aromatic rings. The third-order valence-electron chi connectivity index (χ3n) is 11.4. The van der Waals surface area contributed by atoms with E-state index >= 15 is 0 Å². The van der Waals surface area contributed by atoms with Gasteiger partial charge in [-0.25, -0.2) is 0 Å². The second kappa shape index (κ2) is 47.6. The maximum absolute atomic E-state index is 13.2. The molecular weight excluding hydrogens is 743 g/mol. The molecule has 0 heterocycles. The minimum absolute atomic E-state index is 0.0390. The number of rotatable bonds is 45. The Balaban J connectivity index is 4.62. The highest BCUT2D eigenvalue weighted by Crippen LogP contribution is 2.17. The van der Waals surface area contributed by atoms with Crippen molar-refractivity contribution in [1.82, 2.24) is 5.32 Å². The van der Waals surface area contributed by atoms with E-state index in [0.29, 0.717) is 19.3 Å². The topological polar surface area (TPSA) is 95.9 Å². The zero-order valence-electron chi connectivity index (χ0n) is 39.6. The number of ether oxygens (including phenoxy) is 1. The molecular formula is C54H97NO5. The largest absolute Gasteiger partial charge is 0.462 e. The lowest BCUT2D eigenvalue weighted by atomic mass is 10.0. The van der Waals surface area contributed by atoms with Crippen LogP contribution in [0.1, 0.15) is 245 Å². The summed E-state index contributed by atoms with van der Waals surface area (Å²) in [7, 11) is 0. The van der Waals surface area contributed by atoms with Crippen LogP contribution < -0.4 is 5.32 Å². The predicted octanol–water partition coefficient (Wildman–Crippen LogP) is 15.2. The molecule has 0 aromatic carbocycles. The summed E-state index contributed by atoms with van der Waals surface area (Å²) in [5.41, 5.74) is 0. The number of nitrogens with one attached hydrogen (secondary N) is 1. The first-order valence-corrected chi connectivity index (χ1v) is 25.5. The summed E-state index contributed by atoms with van der Waals surface area (Å²) >= 11 is 0. The first kappa shape index (κ1) is 57.6. The molecule has 0 aliphatic rings. The summed E-state index contributed by atoms with van der Waals surface area (Å²) < 4.78 is 5.88. The molecule has 60 heavy (non-hydrogen) atoms. The van der Waals surface area contributed by atoms with Crippen molar-refractivity contribution in [1.29, 1.82) is 0 Å². The lowest BCUT2D eigenvalue weighted by molar-refractivity contribution is -0.151. The Bertz CT molecular complexity index is 1080. The van der Waals surface area contributed by atoms with E-state index in [2.05, 4.69) is 86.8 Å². The molecule has 0 rings (SSSR count). The van der Waals surface area contributed by atoms with Crippen LogP contribution in [-0.4, -0.2) is 46.9 Å². The number of carbonyl (C=O) groups is 2. The van der Waals surface area contributed by atoms with Crippen LogP contribution in [0.2, 0.25) is 0 Å². The van der Waals surface area contributed by atoms with Gasteiger partial charge in [-0.1, -0.05) is 229 Å². The molecule has 3 atom stereocenters. The fourth-order valence-corrected chi connectivity index (χ4v) is 7.52. The number of carbonyl (C=O) groups excluding carboxylic acids is 2. The lowest BCUT2D eigenvalue weighted by Crippen LogP contribution is -2.46. The molecule has 1 amide bonds. The quantitative estimate of drug-likeness (QED) is 0.0322. The van der Waals surface area contributed by atoms with E-state index in [1.54, 1.807) is 0 Å². The lowest BCUT2D eigenvalue weighted by Gasteiger charge is -2.24. The fraction of sp³-hybridized carbons (Fsp3) is 0.778. The number of allylic oxidation sites excluding steroid dienone is 10. The second-order valence-corrected chi connectivity index (χ2v) is 17.2. The van der Waals surface area contributed by atoms with Crippen molar-refractivity contribution in [2.75, 3.05) is 6.61 Å². The van der Waals surface area contributed by atoms with Crippen molar-refractivity contribution < 1.29 is 24.5 Å². The molecule has 6 nitrogen and oxygen atoms in total. The van der Waals surface area contributed by atoms with Gasteiger partial charge in [-0.05, 0) is 64.2 Å². The molecule has 0 aliphatic carbocycles. The molecule has 0 fully saturated rings. The molecule has 0 aromatic heterocycles. The van der Waals surface area contributed by atoms with E-state index in [1.807, 2.05) is 0 Å². The molecule has 0 bridgehead atoms. The zero-order chi connectivity index (χ0) is 43.8. The first-order valence-electron chi connectivity index (χ1n) is 25.5. The number of amides is 1. The van der Waals surface area contributed by atoms with Crippen LogP contribution in [0.15, 0.2) is 60.8 Å². The second-order valence-electron chi connectivity index (χ2n) is 17.2. The van der Waals surface area contributed by atoms with Crippen LogP contribution in [0.5, 0.6) is 0 Å². The number of esters is 1. The number of unbranched alkanes of at least 4 members (excludes halogenated alkanes) is 23. The standard InChI is InChI=1S/C54H97NO5/c1-4-7-10-13-16-19-21-23-25-26-28-29-31-34-36-39-42-45-50(60-54(59)47-44-41-38-33-18-15-12-9-6-3)48-53(58)55-51(49-56)52(57)46-43-40-37-35-32-30-27-24-22-20-17-14-11-8-5-2/h7,10,16,19,23,25,28-29,34,36,50-52,56-57H,4-6,8-9,11-15,17-18,20-22,24,26-27,30-33,35,37-49H2,1-3H3,(H,55,58)/b10-7-,19-16-,25-23-,29-28-,36-34-. The summed E-state index contributed by atoms with van der Waals surface area (Å²) in [5.74, 6) is -0.530. The van der Waals surface area contributed by atoms with Crippen LogP contribution in [0.25, 0.3) is 0 Å². The van der Waals surface area contributed by atoms with Crippen molar-refractivity contribution in [2.45, 2.75) is 264 Å². The Morgan fingerprint density at radius 3 is 1.33 bits per heavy atom. The highest BCUT2D eigenvalue weighted by molar-refractivity contribution is 5.77. The summed E-state index contributed by atoms with van der Waals surface area (Å²) in [6.45, 7) is 6.34. The van der Waals surface area contributed by atoms with E-state index < -0.39 is 18.2 Å². The normalized spacial score (nSPS) is 13.8. The Morgan fingerprint density at radius 2 is 0.900 bits per heavy atom. The molecule has 0 saturated carbocycles. The number of aliphatic hydroxyl groups excluding tert-OH is 2. The molecule has 0 spiro atoms. The average molecular weight is 840 g/mol. The number of aliphatic hydroxyl groups is 2. The van der Waals surface area contributed by atoms with Gasteiger partial charge in [0, 0.05) is 6.42 Å². The smallest absolute Gasteiger partial charge is 0.306 e. The van der Waals surface area contributed by atoms with Gasteiger partial charge < -0.3 is 20.3 Å². The maximum Gasteiger partial charge on any atom is 0.306 e. The molecule has 0 saturated heterocycles. The Kier molecular flexibility index (Phi) is 45.7. The summed E-state index contributed by atoms with van der Waals surface area (Å²) in [6, 6.07) is -0.719. The number of hydrogen-bond donors (Lipinski definition) is 3. The molecule has 6 heteroatoms. The van der Waals surface area contributed by atoms with Gasteiger partial charge in [-0.15, -0.1) is 0 Å². The molecule has 0 aliphatic heterocycles. The van der Waals surface area contributed by atoms with E-state index in [-0.39, 0.29) is 24.9 Å². The third-order valence-corrected chi connectivity index (χ3v) is 11.4. The monoisotopic (exact) mass is 840 g/mol.